The summed E-state index contributed by atoms with van der Waals surface area (Å²) in [6, 6.07) is 26.0. The van der Waals surface area contributed by atoms with Crippen LogP contribution in [0.15, 0.2) is 72.8 Å². The van der Waals surface area contributed by atoms with Crippen molar-refractivity contribution >= 4 is 58.4 Å². The Balaban J connectivity index is 1.62. The molecule has 0 spiro atoms. The number of benzene rings is 3. The Kier molecular flexibility index (Phi) is 2.41. The van der Waals surface area contributed by atoms with Crippen LogP contribution in [0.3, 0.4) is 0 Å². The maximum atomic E-state index is 6.88. The van der Waals surface area contributed by atoms with E-state index in [1.807, 2.05) is 0 Å². The van der Waals surface area contributed by atoms with Gasteiger partial charge in [-0.3, -0.25) is 4.48 Å². The molecule has 0 atom stereocenters. The van der Waals surface area contributed by atoms with Crippen LogP contribution in [0, 0.1) is 0 Å². The molecule has 5 aromatic rings. The van der Waals surface area contributed by atoms with Crippen molar-refractivity contribution in [1.29, 1.82) is 0 Å². The summed E-state index contributed by atoms with van der Waals surface area (Å²) in [7, 11) is -0.286. The SMILES string of the molecule is C1=C2c3ccccc3C3=[N+]2B2On4c1c1ccccc1c4C=c1c4ccccc4c(n12)=C3. The highest BCUT2D eigenvalue weighted by Gasteiger charge is 2.55. The van der Waals surface area contributed by atoms with Crippen molar-refractivity contribution in [3.05, 3.63) is 106 Å². The fourth-order valence-electron chi connectivity index (χ4n) is 6.06. The third kappa shape index (κ3) is 1.55. The van der Waals surface area contributed by atoms with Gasteiger partial charge in [-0.1, -0.05) is 60.7 Å². The summed E-state index contributed by atoms with van der Waals surface area (Å²) < 4.78 is 13.7. The molecule has 146 valence electrons. The zero-order valence-electron chi connectivity index (χ0n) is 17.0. The Bertz CT molecular complexity index is 1920. The van der Waals surface area contributed by atoms with E-state index in [1.54, 1.807) is 0 Å². The van der Waals surface area contributed by atoms with E-state index < -0.39 is 0 Å². The molecule has 0 radical (unpaired) electrons. The lowest BCUT2D eigenvalue weighted by atomic mass is 9.95. The van der Waals surface area contributed by atoms with E-state index in [-0.39, 0.29) is 7.19 Å². The van der Waals surface area contributed by atoms with E-state index in [9.17, 15) is 0 Å². The average molecular weight is 408 g/mol. The predicted molar refractivity (Wildman–Crippen MR) is 128 cm³/mol. The minimum Gasteiger partial charge on any atom is -0.388 e. The summed E-state index contributed by atoms with van der Waals surface area (Å²) in [5, 5.41) is 7.35. The second kappa shape index (κ2) is 4.97. The van der Waals surface area contributed by atoms with Gasteiger partial charge in [0.1, 0.15) is 0 Å². The first-order valence-electron chi connectivity index (χ1n) is 11.0. The van der Waals surface area contributed by atoms with Crippen molar-refractivity contribution in [2.75, 3.05) is 0 Å². The topological polar surface area (TPSA) is 22.1 Å². The van der Waals surface area contributed by atoms with E-state index >= 15 is 0 Å². The summed E-state index contributed by atoms with van der Waals surface area (Å²) in [5.41, 5.74) is 7.12. The monoisotopic (exact) mass is 408 g/mol. The zero-order chi connectivity index (χ0) is 20.6. The highest BCUT2D eigenvalue weighted by molar-refractivity contribution is 6.48. The molecule has 4 aliphatic heterocycles. The number of hydrogen-bond acceptors (Lipinski definition) is 1. The summed E-state index contributed by atoms with van der Waals surface area (Å²) >= 11 is 0. The molecule has 2 aromatic heterocycles. The van der Waals surface area contributed by atoms with Crippen LogP contribution < -0.4 is 15.5 Å². The Morgan fingerprint density at radius 2 is 1.22 bits per heavy atom. The standard InChI is InChI=1S/C27H15BN3O/c1-3-9-18-16(7-1)22-13-23-17-8-2-4-10-19(17)25-15-27-21-12-6-5-11-20(21)26-14-24(18)29(22)28(30(23)25)32-31(26)27/h1-15H/q+1. The van der Waals surface area contributed by atoms with Crippen LogP contribution in [-0.4, -0.2) is 26.6 Å². The second-order valence-electron chi connectivity index (χ2n) is 8.85. The number of rotatable bonds is 0. The number of aromatic nitrogens is 2. The predicted octanol–water partition coefficient (Wildman–Crippen LogP) is 2.82. The quantitative estimate of drug-likeness (QED) is 0.362. The molecule has 4 nitrogen and oxygen atoms in total. The van der Waals surface area contributed by atoms with Gasteiger partial charge in [0.05, 0.1) is 27.9 Å². The molecule has 0 aliphatic carbocycles. The molecule has 32 heavy (non-hydrogen) atoms. The van der Waals surface area contributed by atoms with Crippen LogP contribution in [0.25, 0.3) is 45.5 Å². The van der Waals surface area contributed by atoms with Gasteiger partial charge in [-0.25, -0.2) is 4.49 Å². The molecule has 0 saturated carbocycles. The van der Waals surface area contributed by atoms with E-state index in [0.717, 1.165) is 11.4 Å². The molecule has 9 rings (SSSR count). The highest BCUT2D eigenvalue weighted by atomic mass is 16.6. The first-order chi connectivity index (χ1) is 15.9. The Morgan fingerprint density at radius 3 is 1.97 bits per heavy atom. The summed E-state index contributed by atoms with van der Waals surface area (Å²) in [6.45, 7) is 0. The lowest BCUT2D eigenvalue weighted by Crippen LogP contribution is -2.56. The van der Waals surface area contributed by atoms with Gasteiger partial charge in [-0.05, 0) is 18.2 Å². The third-order valence-corrected chi connectivity index (χ3v) is 7.37. The van der Waals surface area contributed by atoms with Gasteiger partial charge in [-0.15, -0.1) is 0 Å². The third-order valence-electron chi connectivity index (χ3n) is 7.37. The lowest BCUT2D eigenvalue weighted by molar-refractivity contribution is -0.295. The van der Waals surface area contributed by atoms with Gasteiger partial charge in [0.15, 0.2) is 11.4 Å². The van der Waals surface area contributed by atoms with Crippen molar-refractivity contribution in [2.45, 2.75) is 0 Å². The van der Waals surface area contributed by atoms with Gasteiger partial charge in [-0.2, -0.15) is 4.73 Å². The molecule has 3 aromatic carbocycles. The molecule has 5 heteroatoms. The normalized spacial score (nSPS) is 16.2. The van der Waals surface area contributed by atoms with Crippen LogP contribution >= 0.6 is 0 Å². The van der Waals surface area contributed by atoms with Gasteiger partial charge in [0.2, 0.25) is 0 Å². The number of fused-ring (bicyclic) bond motifs is 9. The number of nitrogens with zero attached hydrogens (tertiary/aromatic N) is 3. The summed E-state index contributed by atoms with van der Waals surface area (Å²) in [4.78, 5) is 0. The van der Waals surface area contributed by atoms with Crippen LogP contribution in [-0.2, 0) is 0 Å². The minimum atomic E-state index is -0.286. The first-order valence-corrected chi connectivity index (χ1v) is 11.0. The Morgan fingerprint density at radius 1 is 0.625 bits per heavy atom. The molecule has 0 saturated heterocycles. The second-order valence-corrected chi connectivity index (χ2v) is 8.85. The minimum absolute atomic E-state index is 0.286. The summed E-state index contributed by atoms with van der Waals surface area (Å²) in [6.07, 6.45) is 6.95. The van der Waals surface area contributed by atoms with Crippen molar-refractivity contribution in [1.82, 2.24) is 9.21 Å². The molecule has 0 fully saturated rings. The maximum absolute atomic E-state index is 6.88. The van der Waals surface area contributed by atoms with Crippen LogP contribution in [0.5, 0.6) is 0 Å². The molecular formula is C27H15BN3O+. The maximum Gasteiger partial charge on any atom is 0.896 e. The largest absolute Gasteiger partial charge is 0.896 e. The zero-order valence-corrected chi connectivity index (χ0v) is 17.0. The highest BCUT2D eigenvalue weighted by Crippen LogP contribution is 2.38. The van der Waals surface area contributed by atoms with Gasteiger partial charge >= 0.3 is 7.19 Å². The molecular weight excluding hydrogens is 393 g/mol. The fraction of sp³-hybridized carbons (Fsp3) is 0. The average Bonchev–Trinajstić information content (AvgIpc) is 3.32. The van der Waals surface area contributed by atoms with Crippen LogP contribution in [0.4, 0.5) is 0 Å². The van der Waals surface area contributed by atoms with E-state index in [2.05, 4.69) is 105 Å². The fourth-order valence-corrected chi connectivity index (χ4v) is 6.06. The van der Waals surface area contributed by atoms with E-state index in [4.69, 9.17) is 4.76 Å². The van der Waals surface area contributed by atoms with Crippen molar-refractivity contribution < 1.29 is 9.24 Å². The smallest absolute Gasteiger partial charge is 0.388 e. The van der Waals surface area contributed by atoms with Gasteiger partial charge in [0.25, 0.3) is 0 Å². The van der Waals surface area contributed by atoms with Gasteiger partial charge < -0.3 is 4.76 Å². The molecule has 2 bridgehead atoms. The first kappa shape index (κ1) is 15.5. The Labute approximate surface area is 183 Å². The van der Waals surface area contributed by atoms with Crippen molar-refractivity contribution in [2.24, 2.45) is 0 Å². The van der Waals surface area contributed by atoms with E-state index in [1.165, 1.54) is 54.8 Å². The molecule has 0 amide bonds. The molecule has 0 N–H and O–H groups in total. The molecule has 0 unspecified atom stereocenters. The van der Waals surface area contributed by atoms with Crippen LogP contribution in [0.1, 0.15) is 22.5 Å². The van der Waals surface area contributed by atoms with Gasteiger partial charge in [0, 0.05) is 39.0 Å². The number of hydrogen-bond donors (Lipinski definition) is 0. The lowest BCUT2D eigenvalue weighted by Gasteiger charge is -2.14. The van der Waals surface area contributed by atoms with Crippen molar-refractivity contribution in [3.63, 3.8) is 0 Å². The van der Waals surface area contributed by atoms with Crippen LogP contribution in [0.2, 0.25) is 0 Å². The molecule has 4 aliphatic rings. The molecule has 6 heterocycles. The van der Waals surface area contributed by atoms with E-state index in [0.29, 0.717) is 0 Å². The summed E-state index contributed by atoms with van der Waals surface area (Å²) in [5.74, 6) is 0. The van der Waals surface area contributed by atoms with Crippen molar-refractivity contribution in [3.8, 4) is 0 Å². The Hall–Kier alpha value is -4.25.